The Labute approximate surface area is 109 Å². The number of rotatable bonds is 8. The summed E-state index contributed by atoms with van der Waals surface area (Å²) in [4.78, 5) is 2.47. The molecule has 1 fully saturated rings. The second kappa shape index (κ2) is 8.97. The lowest BCUT2D eigenvalue weighted by Gasteiger charge is -2.26. The molecule has 0 saturated heterocycles. The van der Waals surface area contributed by atoms with Gasteiger partial charge in [-0.15, -0.1) is 0 Å². The van der Waals surface area contributed by atoms with E-state index in [-0.39, 0.29) is 0 Å². The molecule has 1 aliphatic carbocycles. The molecule has 0 bridgehead atoms. The van der Waals surface area contributed by atoms with E-state index in [2.05, 4.69) is 25.8 Å². The predicted molar refractivity (Wildman–Crippen MR) is 77.4 cm³/mol. The molecule has 0 aromatic heterocycles. The summed E-state index contributed by atoms with van der Waals surface area (Å²) in [6.45, 7) is 7.25. The van der Waals surface area contributed by atoms with E-state index in [1.54, 1.807) is 0 Å². The largest absolute Gasteiger partial charge is 0.306 e. The highest BCUT2D eigenvalue weighted by Crippen LogP contribution is 2.31. The van der Waals surface area contributed by atoms with Gasteiger partial charge in [0.2, 0.25) is 0 Å². The van der Waals surface area contributed by atoms with Gasteiger partial charge >= 0.3 is 0 Å². The van der Waals surface area contributed by atoms with Crippen LogP contribution in [-0.4, -0.2) is 25.0 Å². The third-order valence-electron chi connectivity index (χ3n) is 4.39. The lowest BCUT2D eigenvalue weighted by atomic mass is 9.80. The fraction of sp³-hybridized carbons (Fsp3) is 1.00. The summed E-state index contributed by atoms with van der Waals surface area (Å²) in [5.74, 6) is 2.08. The van der Waals surface area contributed by atoms with Gasteiger partial charge < -0.3 is 4.90 Å². The number of hydrogen-bond acceptors (Lipinski definition) is 1. The van der Waals surface area contributed by atoms with E-state index < -0.39 is 0 Å². The van der Waals surface area contributed by atoms with Crippen molar-refractivity contribution >= 4 is 0 Å². The molecule has 0 aliphatic heterocycles. The molecule has 1 aliphatic rings. The molecule has 102 valence electrons. The van der Waals surface area contributed by atoms with Crippen LogP contribution in [0.5, 0.6) is 0 Å². The Balaban J connectivity index is 1.90. The zero-order valence-electron chi connectivity index (χ0n) is 12.4. The molecule has 0 unspecified atom stereocenters. The molecule has 0 atom stereocenters. The number of nitrogens with zero attached hydrogens (tertiary/aromatic N) is 1. The van der Waals surface area contributed by atoms with E-state index in [0.29, 0.717) is 0 Å². The second-order valence-corrected chi connectivity index (χ2v) is 6.28. The van der Waals surface area contributed by atoms with Crippen LogP contribution in [0.4, 0.5) is 0 Å². The first-order valence-corrected chi connectivity index (χ1v) is 7.91. The Kier molecular flexibility index (Phi) is 7.92. The van der Waals surface area contributed by atoms with Gasteiger partial charge in [0.15, 0.2) is 0 Å². The van der Waals surface area contributed by atoms with Crippen LogP contribution in [0.3, 0.4) is 0 Å². The molecule has 1 nitrogen and oxygen atoms in total. The van der Waals surface area contributed by atoms with Gasteiger partial charge in [0.05, 0.1) is 0 Å². The highest BCUT2D eigenvalue weighted by atomic mass is 15.1. The van der Waals surface area contributed by atoms with Crippen molar-refractivity contribution in [2.45, 2.75) is 71.6 Å². The maximum atomic E-state index is 2.47. The van der Waals surface area contributed by atoms with Crippen molar-refractivity contribution in [3.8, 4) is 0 Å². The summed E-state index contributed by atoms with van der Waals surface area (Å²) in [5.41, 5.74) is 0. The Morgan fingerprint density at radius 2 is 1.65 bits per heavy atom. The molecule has 0 spiro atoms. The first-order valence-electron chi connectivity index (χ1n) is 7.91. The monoisotopic (exact) mass is 239 g/mol. The van der Waals surface area contributed by atoms with Crippen LogP contribution in [0.1, 0.15) is 71.6 Å². The molecular formula is C16H33N. The van der Waals surface area contributed by atoms with Crippen molar-refractivity contribution in [2.75, 3.05) is 20.1 Å². The summed E-state index contributed by atoms with van der Waals surface area (Å²) in [6.07, 6.45) is 13.1. The van der Waals surface area contributed by atoms with E-state index in [4.69, 9.17) is 0 Å². The van der Waals surface area contributed by atoms with Crippen LogP contribution < -0.4 is 0 Å². The molecule has 0 heterocycles. The molecule has 0 radical (unpaired) electrons. The number of unbranched alkanes of at least 4 members (excludes halogenated alkanes) is 2. The zero-order valence-corrected chi connectivity index (χ0v) is 12.4. The molecule has 0 aromatic carbocycles. The first kappa shape index (κ1) is 15.0. The van der Waals surface area contributed by atoms with E-state index in [0.717, 1.165) is 11.8 Å². The smallest absolute Gasteiger partial charge is 0.00218 e. The summed E-state index contributed by atoms with van der Waals surface area (Å²) < 4.78 is 0. The van der Waals surface area contributed by atoms with Gasteiger partial charge in [0.1, 0.15) is 0 Å². The minimum absolute atomic E-state index is 1.01. The standard InChI is InChI=1S/C16H33N/c1-4-13-17(3)14-7-5-6-8-16-11-9-15(2)10-12-16/h15-16H,4-14H2,1-3H3. The lowest BCUT2D eigenvalue weighted by Crippen LogP contribution is -2.20. The van der Waals surface area contributed by atoms with Crippen LogP contribution >= 0.6 is 0 Å². The Bertz CT molecular complexity index is 170. The van der Waals surface area contributed by atoms with Crippen LogP contribution in [0.2, 0.25) is 0 Å². The van der Waals surface area contributed by atoms with Crippen molar-refractivity contribution in [3.05, 3.63) is 0 Å². The van der Waals surface area contributed by atoms with Gasteiger partial charge in [-0.05, 0) is 44.8 Å². The minimum atomic E-state index is 1.01. The Morgan fingerprint density at radius 1 is 0.941 bits per heavy atom. The molecule has 1 saturated carbocycles. The Morgan fingerprint density at radius 3 is 2.29 bits per heavy atom. The van der Waals surface area contributed by atoms with E-state index in [1.165, 1.54) is 70.9 Å². The molecule has 1 heteroatoms. The number of hydrogen-bond donors (Lipinski definition) is 0. The molecular weight excluding hydrogens is 206 g/mol. The quantitative estimate of drug-likeness (QED) is 0.554. The van der Waals surface area contributed by atoms with Gasteiger partial charge in [0.25, 0.3) is 0 Å². The van der Waals surface area contributed by atoms with Gasteiger partial charge in [-0.3, -0.25) is 0 Å². The maximum Gasteiger partial charge on any atom is -0.00218 e. The maximum absolute atomic E-state index is 2.47. The van der Waals surface area contributed by atoms with Crippen LogP contribution in [0.25, 0.3) is 0 Å². The van der Waals surface area contributed by atoms with Crippen molar-refractivity contribution in [3.63, 3.8) is 0 Å². The lowest BCUT2D eigenvalue weighted by molar-refractivity contribution is 0.268. The predicted octanol–water partition coefficient (Wildman–Crippen LogP) is 4.71. The van der Waals surface area contributed by atoms with Crippen molar-refractivity contribution in [2.24, 2.45) is 11.8 Å². The van der Waals surface area contributed by atoms with E-state index >= 15 is 0 Å². The van der Waals surface area contributed by atoms with E-state index in [9.17, 15) is 0 Å². The van der Waals surface area contributed by atoms with Crippen molar-refractivity contribution in [1.29, 1.82) is 0 Å². The van der Waals surface area contributed by atoms with Gasteiger partial charge in [0, 0.05) is 0 Å². The summed E-state index contributed by atoms with van der Waals surface area (Å²) >= 11 is 0. The molecule has 1 rings (SSSR count). The third-order valence-corrected chi connectivity index (χ3v) is 4.39. The summed E-state index contributed by atoms with van der Waals surface area (Å²) in [5, 5.41) is 0. The molecule has 0 amide bonds. The van der Waals surface area contributed by atoms with Gasteiger partial charge in [-0.25, -0.2) is 0 Å². The first-order chi connectivity index (χ1) is 8.22. The van der Waals surface area contributed by atoms with Crippen molar-refractivity contribution < 1.29 is 0 Å². The highest BCUT2D eigenvalue weighted by molar-refractivity contribution is 4.70. The normalized spacial score (nSPS) is 25.4. The topological polar surface area (TPSA) is 3.24 Å². The van der Waals surface area contributed by atoms with Crippen LogP contribution in [0.15, 0.2) is 0 Å². The van der Waals surface area contributed by atoms with Crippen molar-refractivity contribution in [1.82, 2.24) is 4.90 Å². The highest BCUT2D eigenvalue weighted by Gasteiger charge is 2.17. The molecule has 17 heavy (non-hydrogen) atoms. The third kappa shape index (κ3) is 7.08. The average Bonchev–Trinajstić information content (AvgIpc) is 2.31. The van der Waals surface area contributed by atoms with Gasteiger partial charge in [-0.1, -0.05) is 58.8 Å². The summed E-state index contributed by atoms with van der Waals surface area (Å²) in [7, 11) is 2.26. The van der Waals surface area contributed by atoms with Crippen LogP contribution in [0, 0.1) is 11.8 Å². The second-order valence-electron chi connectivity index (χ2n) is 6.28. The van der Waals surface area contributed by atoms with E-state index in [1.807, 2.05) is 0 Å². The molecule has 0 aromatic rings. The summed E-state index contributed by atoms with van der Waals surface area (Å²) in [6, 6.07) is 0. The molecule has 0 N–H and O–H groups in total. The fourth-order valence-electron chi connectivity index (χ4n) is 3.10. The minimum Gasteiger partial charge on any atom is -0.306 e. The SMILES string of the molecule is CCCN(C)CCCCCC1CCC(C)CC1. The fourth-order valence-corrected chi connectivity index (χ4v) is 3.10. The Hall–Kier alpha value is -0.0400. The van der Waals surface area contributed by atoms with Crippen LogP contribution in [-0.2, 0) is 0 Å². The van der Waals surface area contributed by atoms with Gasteiger partial charge in [-0.2, -0.15) is 0 Å². The average molecular weight is 239 g/mol. The zero-order chi connectivity index (χ0) is 12.5.